The number of carbonyl (C=O) groups is 1. The molecule has 19 heavy (non-hydrogen) atoms. The van der Waals surface area contributed by atoms with E-state index in [-0.39, 0.29) is 40.6 Å². The summed E-state index contributed by atoms with van der Waals surface area (Å²) >= 11 is 0. The molecule has 0 aliphatic rings. The molecule has 0 saturated carbocycles. The van der Waals surface area contributed by atoms with Crippen LogP contribution in [0.25, 0.3) is 11.1 Å². The van der Waals surface area contributed by atoms with Gasteiger partial charge in [-0.05, 0) is 24.1 Å². The second kappa shape index (κ2) is 7.04. The van der Waals surface area contributed by atoms with Crippen molar-refractivity contribution in [2.75, 3.05) is 0 Å². The van der Waals surface area contributed by atoms with Gasteiger partial charge in [0.25, 0.3) is 0 Å². The van der Waals surface area contributed by atoms with E-state index in [0.29, 0.717) is 11.1 Å². The van der Waals surface area contributed by atoms with Crippen LogP contribution in [0.4, 0.5) is 4.39 Å². The summed E-state index contributed by atoms with van der Waals surface area (Å²) in [6, 6.07) is 13.7. The quantitative estimate of drug-likeness (QED) is 0.876. The van der Waals surface area contributed by atoms with Gasteiger partial charge in [-0.25, -0.2) is 4.39 Å². The molecule has 2 aromatic carbocycles. The van der Waals surface area contributed by atoms with Crippen LogP contribution in [-0.2, 0) is 4.79 Å². The predicted octanol–water partition coefficient (Wildman–Crippen LogP) is 3.53. The molecular weight excluding hydrogens is 271 g/mol. The maximum Gasteiger partial charge on any atom is 2.00 e. The molecule has 1 atom stereocenters. The summed E-state index contributed by atoms with van der Waals surface area (Å²) in [5.74, 6) is -2.06. The van der Waals surface area contributed by atoms with Crippen molar-refractivity contribution in [1.82, 2.24) is 0 Å². The minimum atomic E-state index is -0.957. The Morgan fingerprint density at radius 2 is 1.84 bits per heavy atom. The predicted molar refractivity (Wildman–Crippen MR) is 75.9 cm³/mol. The summed E-state index contributed by atoms with van der Waals surface area (Å²) in [7, 11) is 0. The topological polar surface area (TPSA) is 37.3 Å². The van der Waals surface area contributed by atoms with Crippen LogP contribution < -0.4 is 0 Å². The minimum Gasteiger partial charge on any atom is -1.00 e. The third kappa shape index (κ3) is 3.78. The number of hydrogen-bond acceptors (Lipinski definition) is 1. The van der Waals surface area contributed by atoms with E-state index in [1.165, 1.54) is 6.07 Å². The molecule has 2 rings (SSSR count). The van der Waals surface area contributed by atoms with Gasteiger partial charge in [-0.3, -0.25) is 4.79 Å². The number of benzene rings is 2. The molecule has 2 aromatic rings. The van der Waals surface area contributed by atoms with E-state index in [2.05, 4.69) is 0 Å². The molecule has 0 saturated heterocycles. The molecule has 0 aliphatic carbocycles. The van der Waals surface area contributed by atoms with Crippen LogP contribution in [0, 0.1) is 5.82 Å². The molecule has 0 spiro atoms. The SMILES string of the molecule is CC(C(=O)O)c1ccc(-c2ccccc2)c(F)c1.[Ca+2].[H-].[H-]. The average molecular weight is 286 g/mol. The van der Waals surface area contributed by atoms with Gasteiger partial charge < -0.3 is 7.96 Å². The van der Waals surface area contributed by atoms with Gasteiger partial charge in [0.05, 0.1) is 5.92 Å². The molecule has 0 aromatic heterocycles. The number of carboxylic acid groups (broad SMARTS) is 1. The van der Waals surface area contributed by atoms with Crippen molar-refractivity contribution in [1.29, 1.82) is 0 Å². The summed E-state index contributed by atoms with van der Waals surface area (Å²) in [5, 5.41) is 8.89. The third-order valence-corrected chi connectivity index (χ3v) is 2.95. The Balaban J connectivity index is 0. The van der Waals surface area contributed by atoms with Crippen molar-refractivity contribution in [2.45, 2.75) is 12.8 Å². The molecule has 0 fully saturated rings. The van der Waals surface area contributed by atoms with Gasteiger partial charge in [-0.15, -0.1) is 0 Å². The van der Waals surface area contributed by atoms with Crippen molar-refractivity contribution in [3.8, 4) is 11.1 Å². The smallest absolute Gasteiger partial charge is 1.00 e. The first-order valence-corrected chi connectivity index (χ1v) is 5.67. The van der Waals surface area contributed by atoms with Gasteiger partial charge in [-0.2, -0.15) is 0 Å². The Morgan fingerprint density at radius 1 is 1.21 bits per heavy atom. The molecular formula is C15H15CaFO2. The van der Waals surface area contributed by atoms with Crippen LogP contribution in [0.3, 0.4) is 0 Å². The third-order valence-electron chi connectivity index (χ3n) is 2.95. The molecule has 1 N–H and O–H groups in total. The fraction of sp³-hybridized carbons (Fsp3) is 0.133. The van der Waals surface area contributed by atoms with Gasteiger partial charge in [0.2, 0.25) is 0 Å². The number of hydrogen-bond donors (Lipinski definition) is 1. The number of carboxylic acids is 1. The number of halogens is 1. The van der Waals surface area contributed by atoms with Crippen LogP contribution in [-0.4, -0.2) is 48.8 Å². The van der Waals surface area contributed by atoms with Crippen molar-refractivity contribution < 1.29 is 17.1 Å². The van der Waals surface area contributed by atoms with E-state index >= 15 is 0 Å². The Kier molecular flexibility index (Phi) is 5.98. The first-order valence-electron chi connectivity index (χ1n) is 5.67. The van der Waals surface area contributed by atoms with Crippen LogP contribution in [0.1, 0.15) is 21.3 Å². The molecule has 0 aliphatic heterocycles. The summed E-state index contributed by atoms with van der Waals surface area (Å²) in [6.45, 7) is 1.54. The Labute approximate surface area is 144 Å². The van der Waals surface area contributed by atoms with E-state index in [4.69, 9.17) is 5.11 Å². The van der Waals surface area contributed by atoms with Crippen LogP contribution >= 0.6 is 0 Å². The standard InChI is InChI=1S/C15H13FO2.Ca.2H/c1-10(15(17)18)12-7-8-13(14(16)9-12)11-5-3-2-4-6-11;;;/h2-10H,1H3,(H,17,18);;;/q;+2;2*-1. The maximum atomic E-state index is 14.0. The molecule has 4 heteroatoms. The van der Waals surface area contributed by atoms with Crippen LogP contribution in [0.5, 0.6) is 0 Å². The normalized spacial score (nSPS) is 11.5. The molecule has 0 amide bonds. The zero-order chi connectivity index (χ0) is 13.1. The first-order chi connectivity index (χ1) is 8.59. The monoisotopic (exact) mass is 286 g/mol. The van der Waals surface area contributed by atoms with Crippen LogP contribution in [0.15, 0.2) is 48.5 Å². The summed E-state index contributed by atoms with van der Waals surface area (Å²) in [5.41, 5.74) is 1.74. The van der Waals surface area contributed by atoms with E-state index in [9.17, 15) is 9.18 Å². The maximum absolute atomic E-state index is 14.0. The van der Waals surface area contributed by atoms with Crippen molar-refractivity contribution in [3.05, 3.63) is 59.9 Å². The van der Waals surface area contributed by atoms with Gasteiger partial charge in [0.1, 0.15) is 5.82 Å². The first kappa shape index (κ1) is 16.2. The molecule has 0 radical (unpaired) electrons. The molecule has 0 bridgehead atoms. The van der Waals surface area contributed by atoms with E-state index in [1.54, 1.807) is 19.1 Å². The fourth-order valence-electron chi connectivity index (χ4n) is 1.80. The van der Waals surface area contributed by atoms with E-state index < -0.39 is 17.7 Å². The molecule has 2 nitrogen and oxygen atoms in total. The van der Waals surface area contributed by atoms with E-state index in [0.717, 1.165) is 5.56 Å². The van der Waals surface area contributed by atoms with Crippen LogP contribution in [0.2, 0.25) is 0 Å². The van der Waals surface area contributed by atoms with Crippen molar-refractivity contribution in [2.24, 2.45) is 0 Å². The van der Waals surface area contributed by atoms with E-state index in [1.807, 2.05) is 30.3 Å². The van der Waals surface area contributed by atoms with Gasteiger partial charge in [-0.1, -0.05) is 42.5 Å². The van der Waals surface area contributed by atoms with Crippen molar-refractivity contribution >= 4 is 43.7 Å². The zero-order valence-electron chi connectivity index (χ0n) is 12.6. The van der Waals surface area contributed by atoms with Gasteiger partial charge in [0.15, 0.2) is 0 Å². The molecule has 1 unspecified atom stereocenters. The minimum absolute atomic E-state index is 0. The Hall–Kier alpha value is -0.900. The Morgan fingerprint density at radius 3 is 2.37 bits per heavy atom. The van der Waals surface area contributed by atoms with Gasteiger partial charge >= 0.3 is 43.7 Å². The Bertz CT molecular complexity index is 579. The second-order valence-electron chi connectivity index (χ2n) is 4.17. The largest absolute Gasteiger partial charge is 2.00 e. The number of rotatable bonds is 3. The number of aliphatic carboxylic acids is 1. The second-order valence-corrected chi connectivity index (χ2v) is 4.17. The van der Waals surface area contributed by atoms with Crippen molar-refractivity contribution in [3.63, 3.8) is 0 Å². The zero-order valence-corrected chi connectivity index (χ0v) is 12.8. The molecule has 0 heterocycles. The fourth-order valence-corrected chi connectivity index (χ4v) is 1.80. The summed E-state index contributed by atoms with van der Waals surface area (Å²) < 4.78 is 14.0. The summed E-state index contributed by atoms with van der Waals surface area (Å²) in [4.78, 5) is 10.8. The molecule has 96 valence electrons. The average Bonchev–Trinajstić information content (AvgIpc) is 2.38. The summed E-state index contributed by atoms with van der Waals surface area (Å²) in [6.07, 6.45) is 0. The van der Waals surface area contributed by atoms with Gasteiger partial charge in [0, 0.05) is 5.56 Å².